The number of rotatable bonds is 7. The van der Waals surface area contributed by atoms with Gasteiger partial charge in [0, 0.05) is 0 Å². The van der Waals surface area contributed by atoms with E-state index >= 15 is 0 Å². The van der Waals surface area contributed by atoms with Crippen LogP contribution in [0.1, 0.15) is 32.6 Å². The summed E-state index contributed by atoms with van der Waals surface area (Å²) in [5, 5.41) is 0.747. The number of allylic oxidation sites excluding steroid dienone is 1. The van der Waals surface area contributed by atoms with Gasteiger partial charge in [-0.15, -0.1) is 73.1 Å². The maximum atomic E-state index is 5.89. The first kappa shape index (κ1) is 17.9. The van der Waals surface area contributed by atoms with Gasteiger partial charge in [0.05, 0.1) is 0 Å². The Balaban J connectivity index is 3.74. The van der Waals surface area contributed by atoms with E-state index in [9.17, 15) is 0 Å². The third kappa shape index (κ3) is 8.09. The molecule has 0 aromatic rings. The molecule has 0 fully saturated rings. The van der Waals surface area contributed by atoms with Crippen molar-refractivity contribution in [2.24, 2.45) is 0 Å². The van der Waals surface area contributed by atoms with Gasteiger partial charge in [-0.1, -0.05) is 13.3 Å². The highest BCUT2D eigenvalue weighted by Gasteiger charge is 2.33. The molecule has 0 aliphatic carbocycles. The zero-order chi connectivity index (χ0) is 13.0. The summed E-state index contributed by atoms with van der Waals surface area (Å²) in [7, 11) is 0. The quantitative estimate of drug-likeness (QED) is 0.275. The van der Waals surface area contributed by atoms with Crippen LogP contribution in [-0.4, -0.2) is 12.0 Å². The summed E-state index contributed by atoms with van der Waals surface area (Å²) >= 11 is 35.1. The highest BCUT2D eigenvalue weighted by atomic mass is 35.8. The Morgan fingerprint density at radius 2 is 1.56 bits per heavy atom. The average molecular weight is 379 g/mol. The summed E-state index contributed by atoms with van der Waals surface area (Å²) in [6.45, 7) is 5.76. The number of halogens is 6. The third-order valence-electron chi connectivity index (χ3n) is 2.33. The second kappa shape index (κ2) is 7.49. The lowest BCUT2D eigenvalue weighted by atomic mass is 10.1. The maximum Gasteiger partial charge on any atom is 0.368 e. The molecule has 96 valence electrons. The molecule has 0 bridgehead atoms. The van der Waals surface area contributed by atoms with E-state index in [0.717, 1.165) is 30.9 Å². The highest BCUT2D eigenvalue weighted by Crippen LogP contribution is 2.37. The van der Waals surface area contributed by atoms with Crippen molar-refractivity contribution >= 4 is 78.5 Å². The van der Waals surface area contributed by atoms with E-state index in [-0.39, 0.29) is 5.54 Å². The molecule has 1 unspecified atom stereocenters. The van der Waals surface area contributed by atoms with Gasteiger partial charge in [-0.05, 0) is 30.0 Å². The van der Waals surface area contributed by atoms with Crippen molar-refractivity contribution in [2.75, 3.05) is 0 Å². The first-order chi connectivity index (χ1) is 7.05. The van der Waals surface area contributed by atoms with Crippen LogP contribution in [0.4, 0.5) is 0 Å². The van der Waals surface area contributed by atoms with E-state index in [1.54, 1.807) is 0 Å². The van der Waals surface area contributed by atoms with Gasteiger partial charge < -0.3 is 0 Å². The van der Waals surface area contributed by atoms with E-state index in [0.29, 0.717) is 0 Å². The summed E-state index contributed by atoms with van der Waals surface area (Å²) in [6.07, 6.45) is 3.55. The molecule has 0 radical (unpaired) electrons. The second-order valence-corrected chi connectivity index (χ2v) is 21.5. The van der Waals surface area contributed by atoms with E-state index in [1.165, 1.54) is 0 Å². The Kier molecular flexibility index (Phi) is 8.39. The first-order valence-electron chi connectivity index (χ1n) is 4.87. The molecule has 0 aromatic heterocycles. The summed E-state index contributed by atoms with van der Waals surface area (Å²) in [6, 6.07) is -5.27. The van der Waals surface area contributed by atoms with Crippen molar-refractivity contribution in [1.82, 2.24) is 0 Å². The van der Waals surface area contributed by atoms with Crippen LogP contribution in [0, 0.1) is 0 Å². The molecule has 16 heavy (non-hydrogen) atoms. The third-order valence-corrected chi connectivity index (χ3v) is 10.5. The van der Waals surface area contributed by atoms with Crippen LogP contribution < -0.4 is 0 Å². The van der Waals surface area contributed by atoms with Crippen molar-refractivity contribution in [3.8, 4) is 0 Å². The summed E-state index contributed by atoms with van der Waals surface area (Å²) < 4.78 is 0. The number of unbranched alkanes of at least 4 members (excludes halogenated alkanes) is 1. The predicted octanol–water partition coefficient (Wildman–Crippen LogP) is 6.34. The minimum Gasteiger partial charge on any atom is -0.126 e. The molecule has 0 N–H and O–H groups in total. The van der Waals surface area contributed by atoms with Crippen LogP contribution in [-0.2, 0) is 0 Å². The standard InChI is InChI=1S/C8H14Cl6Si2/c1-7(15(9,10)11)5-3-4-6-8(2)16(12,13)14/h8H,1,3-6H2,2H3. The van der Waals surface area contributed by atoms with Gasteiger partial charge in [0.1, 0.15) is 0 Å². The van der Waals surface area contributed by atoms with Crippen LogP contribution in [0.2, 0.25) is 5.54 Å². The van der Waals surface area contributed by atoms with E-state index in [2.05, 4.69) is 6.58 Å². The Hall–Kier alpha value is 1.91. The van der Waals surface area contributed by atoms with Crippen molar-refractivity contribution < 1.29 is 0 Å². The molecule has 0 saturated carbocycles. The predicted molar refractivity (Wildman–Crippen MR) is 83.7 cm³/mol. The van der Waals surface area contributed by atoms with Crippen molar-refractivity contribution in [3.05, 3.63) is 11.8 Å². The first-order valence-corrected chi connectivity index (χ1v) is 15.0. The molecule has 8 heteroatoms. The van der Waals surface area contributed by atoms with Crippen LogP contribution in [0.15, 0.2) is 11.8 Å². The SMILES string of the molecule is C=C(CCCCC(C)[Si](Cl)(Cl)Cl)[Si](Cl)(Cl)Cl. The largest absolute Gasteiger partial charge is 0.368 e. The molecular formula is C8H14Cl6Si2. The zero-order valence-electron chi connectivity index (χ0n) is 8.88. The molecule has 0 rings (SSSR count). The fourth-order valence-corrected chi connectivity index (χ4v) is 3.92. The molecule has 0 nitrogen and oxygen atoms in total. The van der Waals surface area contributed by atoms with E-state index in [1.807, 2.05) is 6.92 Å². The molecule has 0 aliphatic rings. The molecule has 0 heterocycles. The normalized spacial score (nSPS) is 14.9. The molecular weight excluding hydrogens is 365 g/mol. The van der Waals surface area contributed by atoms with Gasteiger partial charge >= 0.3 is 12.0 Å². The van der Waals surface area contributed by atoms with Crippen LogP contribution >= 0.6 is 66.5 Å². The fourth-order valence-electron chi connectivity index (χ4n) is 1.09. The Labute approximate surface area is 127 Å². The Morgan fingerprint density at radius 3 is 1.94 bits per heavy atom. The number of hydrogen-bond acceptors (Lipinski definition) is 0. The summed E-state index contributed by atoms with van der Waals surface area (Å²) in [5.41, 5.74) is 0.163. The number of hydrogen-bond donors (Lipinski definition) is 0. The zero-order valence-corrected chi connectivity index (χ0v) is 15.4. The molecule has 1 atom stereocenters. The summed E-state index contributed by atoms with van der Waals surface area (Å²) in [4.78, 5) is 0. The summed E-state index contributed by atoms with van der Waals surface area (Å²) in [5.74, 6) is 0. The van der Waals surface area contributed by atoms with Crippen LogP contribution in [0.25, 0.3) is 0 Å². The van der Waals surface area contributed by atoms with Gasteiger partial charge in [-0.3, -0.25) is 0 Å². The smallest absolute Gasteiger partial charge is 0.126 e. The van der Waals surface area contributed by atoms with Gasteiger partial charge in [0.25, 0.3) is 0 Å². The van der Waals surface area contributed by atoms with Crippen molar-refractivity contribution in [2.45, 2.75) is 38.1 Å². The molecule has 0 aromatic carbocycles. The lowest BCUT2D eigenvalue weighted by Crippen LogP contribution is -2.17. The van der Waals surface area contributed by atoms with E-state index in [4.69, 9.17) is 66.5 Å². The van der Waals surface area contributed by atoms with Crippen LogP contribution in [0.5, 0.6) is 0 Å². The molecule has 0 spiro atoms. The van der Waals surface area contributed by atoms with Gasteiger partial charge in [0.2, 0.25) is 0 Å². The topological polar surface area (TPSA) is 0 Å². The lowest BCUT2D eigenvalue weighted by molar-refractivity contribution is 0.667. The monoisotopic (exact) mass is 376 g/mol. The van der Waals surface area contributed by atoms with Gasteiger partial charge in [-0.2, -0.15) is 0 Å². The Bertz CT molecular complexity index is 232. The average Bonchev–Trinajstić information content (AvgIpc) is 2.08. The molecule has 0 aliphatic heterocycles. The minimum atomic E-state index is -2.72. The maximum absolute atomic E-state index is 5.89. The molecule has 0 amide bonds. The van der Waals surface area contributed by atoms with Crippen molar-refractivity contribution in [1.29, 1.82) is 0 Å². The van der Waals surface area contributed by atoms with Gasteiger partial charge in [0.15, 0.2) is 0 Å². The lowest BCUT2D eigenvalue weighted by Gasteiger charge is -2.17. The highest BCUT2D eigenvalue weighted by molar-refractivity contribution is 7.67. The molecule has 0 saturated heterocycles. The van der Waals surface area contributed by atoms with E-state index < -0.39 is 12.0 Å². The van der Waals surface area contributed by atoms with Crippen LogP contribution in [0.3, 0.4) is 0 Å². The second-order valence-electron chi connectivity index (χ2n) is 3.79. The fraction of sp³-hybridized carbons (Fsp3) is 0.750. The van der Waals surface area contributed by atoms with Gasteiger partial charge in [-0.25, -0.2) is 0 Å². The Morgan fingerprint density at radius 1 is 1.06 bits per heavy atom. The minimum absolute atomic E-state index is 0.163. The van der Waals surface area contributed by atoms with Crippen molar-refractivity contribution in [3.63, 3.8) is 0 Å².